The van der Waals surface area contributed by atoms with Gasteiger partial charge in [0.15, 0.2) is 0 Å². The van der Waals surface area contributed by atoms with Crippen LogP contribution in [0.4, 0.5) is 10.1 Å². The van der Waals surface area contributed by atoms with Gasteiger partial charge in [-0.15, -0.1) is 0 Å². The van der Waals surface area contributed by atoms with E-state index in [1.807, 2.05) is 0 Å². The third kappa shape index (κ3) is 2.79. The van der Waals surface area contributed by atoms with Crippen LogP contribution in [0.25, 0.3) is 0 Å². The van der Waals surface area contributed by atoms with E-state index in [4.69, 9.17) is 0 Å². The second-order valence-corrected chi connectivity index (χ2v) is 3.79. The highest BCUT2D eigenvalue weighted by Gasteiger charge is 2.16. The number of methoxy groups -OCH3 is 1. The molecule has 1 aromatic carbocycles. The molecule has 0 heterocycles. The summed E-state index contributed by atoms with van der Waals surface area (Å²) in [4.78, 5) is 22.1. The van der Waals surface area contributed by atoms with E-state index in [1.165, 1.54) is 20.1 Å². The highest BCUT2D eigenvalue weighted by molar-refractivity contribution is 9.10. The monoisotopic (exact) mass is 289 g/mol. The predicted molar refractivity (Wildman–Crippen MR) is 59.7 cm³/mol. The summed E-state index contributed by atoms with van der Waals surface area (Å²) in [6, 6.07) is 2.44. The van der Waals surface area contributed by atoms with Crippen LogP contribution >= 0.6 is 15.9 Å². The van der Waals surface area contributed by atoms with E-state index in [0.29, 0.717) is 0 Å². The van der Waals surface area contributed by atoms with Gasteiger partial charge in [0.25, 0.3) is 0 Å². The van der Waals surface area contributed by atoms with Gasteiger partial charge in [0.05, 0.1) is 17.1 Å². The molecule has 86 valence electrons. The molecule has 0 aliphatic heterocycles. The summed E-state index contributed by atoms with van der Waals surface area (Å²) in [6.45, 7) is 1.29. The van der Waals surface area contributed by atoms with E-state index in [9.17, 15) is 14.0 Å². The lowest BCUT2D eigenvalue weighted by Gasteiger charge is -2.07. The van der Waals surface area contributed by atoms with Gasteiger partial charge in [-0.1, -0.05) is 0 Å². The fourth-order valence-corrected chi connectivity index (χ4v) is 1.51. The maximum Gasteiger partial charge on any atom is 0.339 e. The molecular formula is C10H9BrFNO3. The zero-order valence-electron chi connectivity index (χ0n) is 8.64. The molecule has 4 nitrogen and oxygen atoms in total. The lowest BCUT2D eigenvalue weighted by Crippen LogP contribution is -2.09. The molecule has 0 aromatic heterocycles. The Morgan fingerprint density at radius 1 is 1.44 bits per heavy atom. The molecule has 0 atom stereocenters. The van der Waals surface area contributed by atoms with Crippen molar-refractivity contribution in [2.24, 2.45) is 0 Å². The number of hydrogen-bond donors (Lipinski definition) is 1. The zero-order valence-corrected chi connectivity index (χ0v) is 10.2. The Labute approximate surface area is 99.9 Å². The van der Waals surface area contributed by atoms with Gasteiger partial charge in [-0.3, -0.25) is 4.79 Å². The first-order valence-electron chi connectivity index (χ1n) is 4.30. The fourth-order valence-electron chi connectivity index (χ4n) is 1.12. The van der Waals surface area contributed by atoms with Gasteiger partial charge in [-0.2, -0.15) is 0 Å². The van der Waals surface area contributed by atoms with Gasteiger partial charge in [0.2, 0.25) is 5.91 Å². The molecule has 0 aliphatic rings. The first kappa shape index (κ1) is 12.6. The molecule has 0 spiro atoms. The van der Waals surface area contributed by atoms with Crippen LogP contribution in [0.2, 0.25) is 0 Å². The van der Waals surface area contributed by atoms with Crippen LogP contribution in [0.15, 0.2) is 16.6 Å². The molecule has 0 saturated heterocycles. The van der Waals surface area contributed by atoms with E-state index in [2.05, 4.69) is 26.0 Å². The predicted octanol–water partition coefficient (Wildman–Crippen LogP) is 2.33. The van der Waals surface area contributed by atoms with Crippen molar-refractivity contribution in [3.05, 3.63) is 28.0 Å². The van der Waals surface area contributed by atoms with E-state index in [-0.39, 0.29) is 21.6 Å². The quantitative estimate of drug-likeness (QED) is 0.850. The standard InChI is InChI=1S/C10H9BrFNO3/c1-5(14)13-6-3-7(10(15)16-2)9(11)8(12)4-6/h3-4H,1-2H3,(H,13,14). The summed E-state index contributed by atoms with van der Waals surface area (Å²) in [5.74, 6) is -1.68. The summed E-state index contributed by atoms with van der Waals surface area (Å²) in [6.07, 6.45) is 0. The molecule has 0 aliphatic carbocycles. The number of ether oxygens (including phenoxy) is 1. The molecule has 16 heavy (non-hydrogen) atoms. The Morgan fingerprint density at radius 2 is 2.06 bits per heavy atom. The molecule has 0 unspecified atom stereocenters. The van der Waals surface area contributed by atoms with Crippen LogP contribution in [0.1, 0.15) is 17.3 Å². The third-order valence-electron chi connectivity index (χ3n) is 1.75. The molecular weight excluding hydrogens is 281 g/mol. The SMILES string of the molecule is COC(=O)c1cc(NC(C)=O)cc(F)c1Br. The van der Waals surface area contributed by atoms with Crippen LogP contribution in [-0.4, -0.2) is 19.0 Å². The maximum atomic E-state index is 13.4. The molecule has 0 saturated carbocycles. The van der Waals surface area contributed by atoms with Crippen LogP contribution < -0.4 is 5.32 Å². The maximum absolute atomic E-state index is 13.4. The van der Waals surface area contributed by atoms with Crippen LogP contribution in [0.3, 0.4) is 0 Å². The fraction of sp³-hybridized carbons (Fsp3) is 0.200. The summed E-state index contributed by atoms with van der Waals surface area (Å²) >= 11 is 2.93. The number of benzene rings is 1. The van der Waals surface area contributed by atoms with Gasteiger partial charge in [0.1, 0.15) is 5.82 Å². The molecule has 1 N–H and O–H groups in total. The van der Waals surface area contributed by atoms with Gasteiger partial charge in [-0.05, 0) is 28.1 Å². The van der Waals surface area contributed by atoms with Crippen LogP contribution in [0.5, 0.6) is 0 Å². The summed E-state index contributed by atoms with van der Waals surface area (Å²) < 4.78 is 17.9. The smallest absolute Gasteiger partial charge is 0.339 e. The lowest BCUT2D eigenvalue weighted by atomic mass is 10.2. The van der Waals surface area contributed by atoms with Crippen LogP contribution in [-0.2, 0) is 9.53 Å². The number of amides is 1. The average Bonchev–Trinajstić information content (AvgIpc) is 2.21. The number of hydrogen-bond acceptors (Lipinski definition) is 3. The average molecular weight is 290 g/mol. The van der Waals surface area contributed by atoms with Crippen LogP contribution in [0, 0.1) is 5.82 Å². The molecule has 6 heteroatoms. The number of anilines is 1. The highest BCUT2D eigenvalue weighted by atomic mass is 79.9. The Kier molecular flexibility index (Phi) is 4.00. The first-order valence-corrected chi connectivity index (χ1v) is 5.10. The molecule has 0 radical (unpaired) electrons. The molecule has 0 bridgehead atoms. The topological polar surface area (TPSA) is 55.4 Å². The summed E-state index contributed by atoms with van der Waals surface area (Å²) in [5.41, 5.74) is 0.222. The number of carbonyl (C=O) groups excluding carboxylic acids is 2. The number of esters is 1. The van der Waals surface area contributed by atoms with E-state index in [1.54, 1.807) is 0 Å². The van der Waals surface area contributed by atoms with Crippen molar-refractivity contribution >= 4 is 33.5 Å². The normalized spacial score (nSPS) is 9.75. The minimum absolute atomic E-state index is 0.00783. The molecule has 1 aromatic rings. The molecule has 1 amide bonds. The molecule has 1 rings (SSSR count). The lowest BCUT2D eigenvalue weighted by molar-refractivity contribution is -0.114. The minimum atomic E-state index is -0.682. The Morgan fingerprint density at radius 3 is 2.56 bits per heavy atom. The van der Waals surface area contributed by atoms with Crippen molar-refractivity contribution in [3.8, 4) is 0 Å². The van der Waals surface area contributed by atoms with Crippen molar-refractivity contribution in [1.29, 1.82) is 0 Å². The second kappa shape index (κ2) is 5.07. The Balaban J connectivity index is 3.21. The number of nitrogens with one attached hydrogen (secondary N) is 1. The number of halogens is 2. The Bertz CT molecular complexity index is 448. The first-order chi connectivity index (χ1) is 7.45. The van der Waals surface area contributed by atoms with Gasteiger partial charge in [-0.25, -0.2) is 9.18 Å². The zero-order chi connectivity index (χ0) is 12.3. The van der Waals surface area contributed by atoms with E-state index in [0.717, 1.165) is 6.07 Å². The second-order valence-electron chi connectivity index (χ2n) is 2.99. The largest absolute Gasteiger partial charge is 0.465 e. The minimum Gasteiger partial charge on any atom is -0.465 e. The van der Waals surface area contributed by atoms with Crippen molar-refractivity contribution in [3.63, 3.8) is 0 Å². The third-order valence-corrected chi connectivity index (χ3v) is 2.56. The van der Waals surface area contributed by atoms with Gasteiger partial charge >= 0.3 is 5.97 Å². The van der Waals surface area contributed by atoms with Crippen molar-refractivity contribution in [1.82, 2.24) is 0 Å². The van der Waals surface area contributed by atoms with Crippen molar-refractivity contribution in [2.75, 3.05) is 12.4 Å². The van der Waals surface area contributed by atoms with Crippen molar-refractivity contribution in [2.45, 2.75) is 6.92 Å². The van der Waals surface area contributed by atoms with Crippen molar-refractivity contribution < 1.29 is 18.7 Å². The van der Waals surface area contributed by atoms with Gasteiger partial charge in [0, 0.05) is 12.6 Å². The summed E-state index contributed by atoms with van der Waals surface area (Å²) in [5, 5.41) is 2.38. The highest BCUT2D eigenvalue weighted by Crippen LogP contribution is 2.25. The van der Waals surface area contributed by atoms with E-state index >= 15 is 0 Å². The van der Waals surface area contributed by atoms with Gasteiger partial charge < -0.3 is 10.1 Å². The molecule has 0 fully saturated rings. The summed E-state index contributed by atoms with van der Waals surface area (Å²) in [7, 11) is 1.19. The van der Waals surface area contributed by atoms with E-state index < -0.39 is 11.8 Å². The Hall–Kier alpha value is -1.43. The number of carbonyl (C=O) groups is 2. The number of rotatable bonds is 2.